The molecule has 47 heavy (non-hydrogen) atoms. The van der Waals surface area contributed by atoms with Gasteiger partial charge in [-0.05, 0) is 75.2 Å². The fourth-order valence-corrected chi connectivity index (χ4v) is 6.44. The van der Waals surface area contributed by atoms with E-state index in [2.05, 4.69) is 37.3 Å². The summed E-state index contributed by atoms with van der Waals surface area (Å²) in [6.07, 6.45) is 1.52. The monoisotopic (exact) mass is 675 g/mol. The zero-order valence-corrected chi connectivity index (χ0v) is 27.8. The number of anilines is 4. The number of aromatic carboxylic acids is 1. The number of hydrogen-bond acceptors (Lipinski definition) is 12. The number of para-hydroxylation sites is 1. The van der Waals surface area contributed by atoms with E-state index in [0.29, 0.717) is 58.1 Å². The van der Waals surface area contributed by atoms with Crippen LogP contribution in [0.4, 0.5) is 26.3 Å². The number of aryl methyl sites for hydroxylation is 2. The Morgan fingerprint density at radius 3 is 2.66 bits per heavy atom. The second kappa shape index (κ2) is 15.7. The van der Waals surface area contributed by atoms with Crippen molar-refractivity contribution in [3.05, 3.63) is 76.0 Å². The summed E-state index contributed by atoms with van der Waals surface area (Å²) in [5.41, 5.74) is 2.24. The molecule has 0 aliphatic heterocycles. The minimum atomic E-state index is -1.13. The van der Waals surface area contributed by atoms with Gasteiger partial charge < -0.3 is 25.2 Å². The lowest BCUT2D eigenvalue weighted by Gasteiger charge is -2.15. The van der Waals surface area contributed by atoms with E-state index in [9.17, 15) is 14.3 Å². The number of fused-ring (bicyclic) bond motifs is 1. The van der Waals surface area contributed by atoms with E-state index in [0.717, 1.165) is 22.3 Å². The number of carbonyl (C=O) groups is 1. The smallest absolute Gasteiger partial charge is 0.355 e. The normalized spacial score (nSPS) is 11.0. The molecule has 3 aromatic heterocycles. The number of aliphatic hydroxyl groups excluding tert-OH is 1. The van der Waals surface area contributed by atoms with E-state index in [1.54, 1.807) is 24.1 Å². The number of rotatable bonds is 14. The number of hydrogen-bond donors (Lipinski definition) is 3. The number of ether oxygens (including phenoxy) is 1. The molecule has 11 nitrogen and oxygen atoms in total. The second-order valence-corrected chi connectivity index (χ2v) is 12.8. The van der Waals surface area contributed by atoms with E-state index in [1.807, 2.05) is 49.2 Å². The topological polar surface area (TPSA) is 137 Å². The van der Waals surface area contributed by atoms with Gasteiger partial charge in [-0.25, -0.2) is 19.2 Å². The van der Waals surface area contributed by atoms with Gasteiger partial charge in [-0.1, -0.05) is 35.3 Å². The number of nitrogens with one attached hydrogen (secondary N) is 1. The number of nitrogens with zero attached hydrogens (tertiary/aromatic N) is 6. The highest BCUT2D eigenvalue weighted by atomic mass is 32.1. The molecule has 3 N–H and O–H groups in total. The maximum Gasteiger partial charge on any atom is 0.355 e. The van der Waals surface area contributed by atoms with E-state index < -0.39 is 11.8 Å². The van der Waals surface area contributed by atoms with Crippen LogP contribution in [0, 0.1) is 24.6 Å². The number of aliphatic hydroxyl groups is 1. The summed E-state index contributed by atoms with van der Waals surface area (Å²) < 4.78 is 21.4. The van der Waals surface area contributed by atoms with Crippen molar-refractivity contribution in [1.29, 1.82) is 0 Å². The van der Waals surface area contributed by atoms with Gasteiger partial charge in [-0.2, -0.15) is 0 Å². The van der Waals surface area contributed by atoms with E-state index >= 15 is 0 Å². The van der Waals surface area contributed by atoms with Gasteiger partial charge in [0.1, 0.15) is 0 Å². The Morgan fingerprint density at radius 2 is 1.91 bits per heavy atom. The predicted molar refractivity (Wildman–Crippen MR) is 183 cm³/mol. The molecule has 0 spiro atoms. The van der Waals surface area contributed by atoms with Crippen molar-refractivity contribution < 1.29 is 24.1 Å². The Bertz CT molecular complexity index is 1890. The van der Waals surface area contributed by atoms with Crippen molar-refractivity contribution in [2.24, 2.45) is 0 Å². The molecule has 244 valence electrons. The summed E-state index contributed by atoms with van der Waals surface area (Å²) in [6, 6.07) is 14.3. The lowest BCUT2D eigenvalue weighted by atomic mass is 10.2. The number of aromatic nitrogens is 4. The van der Waals surface area contributed by atoms with Crippen molar-refractivity contribution in [3.63, 3.8) is 0 Å². The summed E-state index contributed by atoms with van der Waals surface area (Å²) in [5.74, 6) is 5.48. The van der Waals surface area contributed by atoms with Gasteiger partial charge in [0, 0.05) is 30.6 Å². The fraction of sp³-hybridized carbons (Fsp3) is 0.303. The first-order valence-electron chi connectivity index (χ1n) is 14.9. The highest BCUT2D eigenvalue weighted by molar-refractivity contribution is 7.22. The van der Waals surface area contributed by atoms with Crippen molar-refractivity contribution in [3.8, 4) is 17.6 Å². The lowest BCUT2D eigenvalue weighted by Crippen LogP contribution is -2.20. The van der Waals surface area contributed by atoms with Gasteiger partial charge in [0.25, 0.3) is 0 Å². The molecule has 0 radical (unpaired) electrons. The number of carboxylic acids is 1. The molecule has 14 heteroatoms. The largest absolute Gasteiger partial charge is 0.491 e. The van der Waals surface area contributed by atoms with Crippen molar-refractivity contribution in [1.82, 2.24) is 25.1 Å². The first-order valence-corrected chi connectivity index (χ1v) is 16.5. The molecule has 0 unspecified atom stereocenters. The van der Waals surface area contributed by atoms with Crippen molar-refractivity contribution in [2.45, 2.75) is 26.2 Å². The lowest BCUT2D eigenvalue weighted by molar-refractivity contribution is 0.0690. The van der Waals surface area contributed by atoms with Gasteiger partial charge in [0.2, 0.25) is 0 Å². The second-order valence-electron chi connectivity index (χ2n) is 10.7. The Hall–Kier alpha value is -4.68. The minimum absolute atomic E-state index is 0.0354. The first kappa shape index (κ1) is 33.7. The fourth-order valence-electron chi connectivity index (χ4n) is 4.51. The van der Waals surface area contributed by atoms with Crippen LogP contribution < -0.4 is 15.0 Å². The predicted octanol–water partition coefficient (Wildman–Crippen LogP) is 5.88. The Labute approximate surface area is 279 Å². The van der Waals surface area contributed by atoms with E-state index in [-0.39, 0.29) is 24.7 Å². The average Bonchev–Trinajstić information content (AvgIpc) is 3.68. The Morgan fingerprint density at radius 1 is 1.09 bits per heavy atom. The molecule has 0 atom stereocenters. The third kappa shape index (κ3) is 8.78. The third-order valence-corrected chi connectivity index (χ3v) is 9.17. The summed E-state index contributed by atoms with van der Waals surface area (Å²) in [6.45, 7) is 3.46. The highest BCUT2D eigenvalue weighted by Crippen LogP contribution is 2.33. The van der Waals surface area contributed by atoms with Crippen LogP contribution in [0.15, 0.2) is 48.5 Å². The van der Waals surface area contributed by atoms with Gasteiger partial charge >= 0.3 is 5.97 Å². The van der Waals surface area contributed by atoms with Gasteiger partial charge in [-0.15, -0.1) is 21.5 Å². The highest BCUT2D eigenvalue weighted by Gasteiger charge is 2.21. The van der Waals surface area contributed by atoms with Crippen LogP contribution in [0.3, 0.4) is 0 Å². The zero-order valence-electron chi connectivity index (χ0n) is 26.2. The van der Waals surface area contributed by atoms with Crippen LogP contribution in [0.25, 0.3) is 10.2 Å². The maximum atomic E-state index is 14.6. The standard InChI is InChI=1S/C33H34FN7O4S2/c1-21-19-28(38-39-30(21)37-32-35-24-10-4-5-11-26(24)46-32)41(3)33-36-29(31(43)44)27(47-33)12-7-18-45-25-14-13-22(20-23(25)34)9-6-15-40(2)16-8-17-42/h4-5,10-11,13-14,19-20,42H,7-8,12,15-18H2,1-3H3,(H,43,44)(H,35,37,39). The quantitative estimate of drug-likeness (QED) is 0.0962. The molecule has 5 aromatic rings. The number of benzene rings is 2. The number of carboxylic acid groups (broad SMARTS) is 1. The van der Waals surface area contributed by atoms with Gasteiger partial charge in [0.15, 0.2) is 39.2 Å². The Kier molecular flexibility index (Phi) is 11.3. The molecular weight excluding hydrogens is 642 g/mol. The van der Waals surface area contributed by atoms with Gasteiger partial charge in [-0.3, -0.25) is 4.90 Å². The van der Waals surface area contributed by atoms with E-state index in [1.165, 1.54) is 28.7 Å². The van der Waals surface area contributed by atoms with Crippen molar-refractivity contribution >= 4 is 60.8 Å². The summed E-state index contributed by atoms with van der Waals surface area (Å²) in [7, 11) is 3.67. The maximum absolute atomic E-state index is 14.6. The Balaban J connectivity index is 1.17. The molecule has 0 saturated carbocycles. The summed E-state index contributed by atoms with van der Waals surface area (Å²) in [5, 5.41) is 31.8. The number of halogens is 1. The van der Waals surface area contributed by atoms with Crippen LogP contribution >= 0.6 is 22.7 Å². The number of thiazole rings is 2. The minimum Gasteiger partial charge on any atom is -0.491 e. The molecule has 2 aromatic carbocycles. The molecule has 0 fully saturated rings. The summed E-state index contributed by atoms with van der Waals surface area (Å²) in [4.78, 5) is 25.2. The van der Waals surface area contributed by atoms with Gasteiger partial charge in [0.05, 0.1) is 23.4 Å². The molecule has 0 aliphatic rings. The molecule has 0 saturated heterocycles. The molecule has 0 aliphatic carbocycles. The first-order chi connectivity index (χ1) is 22.7. The SMILES string of the molecule is Cc1cc(N(C)c2nc(C(=O)O)c(CCCOc3ccc(C#CCN(C)CCCO)cc3F)s2)nnc1Nc1nc2ccccc2s1. The third-order valence-electron chi connectivity index (χ3n) is 7.03. The van der Waals surface area contributed by atoms with E-state index in [4.69, 9.17) is 9.84 Å². The molecule has 3 heterocycles. The molecule has 0 bridgehead atoms. The van der Waals surface area contributed by atoms with Crippen molar-refractivity contribution in [2.75, 3.05) is 50.6 Å². The summed E-state index contributed by atoms with van der Waals surface area (Å²) >= 11 is 2.78. The molecule has 0 amide bonds. The molecule has 5 rings (SSSR count). The average molecular weight is 676 g/mol. The zero-order chi connectivity index (χ0) is 33.3. The molecular formula is C33H34FN7O4S2. The van der Waals surface area contributed by atoms with Crippen LogP contribution in [-0.2, 0) is 6.42 Å². The van der Waals surface area contributed by atoms with Crippen LogP contribution in [0.1, 0.15) is 39.3 Å². The van der Waals surface area contributed by atoms with Crippen LogP contribution in [0.5, 0.6) is 5.75 Å². The van der Waals surface area contributed by atoms with Crippen LogP contribution in [-0.4, -0.2) is 81.6 Å². The van der Waals surface area contributed by atoms with Crippen LogP contribution in [0.2, 0.25) is 0 Å².